The molecule has 1 unspecified atom stereocenters. The average Bonchev–Trinajstić information content (AvgIpc) is 2.15. The van der Waals surface area contributed by atoms with Gasteiger partial charge >= 0.3 is 0 Å². The van der Waals surface area contributed by atoms with Crippen molar-refractivity contribution in [1.82, 2.24) is 9.97 Å². The Hall–Kier alpha value is -1.22. The third-order valence-corrected chi connectivity index (χ3v) is 1.61. The molecule has 0 bridgehead atoms. The van der Waals surface area contributed by atoms with Crippen LogP contribution in [0.3, 0.4) is 0 Å². The first-order chi connectivity index (χ1) is 5.84. The minimum atomic E-state index is -0.468. The van der Waals surface area contributed by atoms with Crippen LogP contribution in [0, 0.1) is 0 Å². The number of allylic oxidation sites excluding steroid dienone is 1. The molecule has 0 spiro atoms. The highest BCUT2D eigenvalue weighted by Gasteiger charge is 2.05. The Labute approximate surface area is 71.8 Å². The van der Waals surface area contributed by atoms with Crippen LogP contribution in [0.4, 0.5) is 0 Å². The number of hydrogen-bond acceptors (Lipinski definition) is 3. The van der Waals surface area contributed by atoms with E-state index in [1.54, 1.807) is 18.5 Å². The Kier molecular flexibility index (Phi) is 3.41. The van der Waals surface area contributed by atoms with E-state index in [1.807, 2.05) is 0 Å². The molecule has 0 saturated carbocycles. The van der Waals surface area contributed by atoms with E-state index in [2.05, 4.69) is 16.5 Å². The molecule has 0 aliphatic rings. The summed E-state index contributed by atoms with van der Waals surface area (Å²) in [6.07, 6.45) is 7.50. The Morgan fingerprint density at radius 3 is 2.75 bits per heavy atom. The topological polar surface area (TPSA) is 46.0 Å². The second kappa shape index (κ2) is 4.62. The molecule has 64 valence electrons. The minimum Gasteiger partial charge on any atom is -0.388 e. The zero-order valence-corrected chi connectivity index (χ0v) is 6.85. The lowest BCUT2D eigenvalue weighted by Crippen LogP contribution is -1.97. The van der Waals surface area contributed by atoms with Crippen molar-refractivity contribution < 1.29 is 5.11 Å². The smallest absolute Gasteiger partial charge is 0.115 e. The summed E-state index contributed by atoms with van der Waals surface area (Å²) in [5.74, 6) is 0. The van der Waals surface area contributed by atoms with Crippen molar-refractivity contribution in [2.45, 2.75) is 18.9 Å². The van der Waals surface area contributed by atoms with E-state index in [1.165, 1.54) is 6.33 Å². The van der Waals surface area contributed by atoms with Crippen LogP contribution >= 0.6 is 0 Å². The van der Waals surface area contributed by atoms with E-state index in [0.717, 1.165) is 12.0 Å². The summed E-state index contributed by atoms with van der Waals surface area (Å²) in [7, 11) is 0. The maximum atomic E-state index is 9.52. The molecule has 1 rings (SSSR count). The van der Waals surface area contributed by atoms with Crippen LogP contribution in [0.2, 0.25) is 0 Å². The molecule has 0 aliphatic heterocycles. The van der Waals surface area contributed by atoms with E-state index in [0.29, 0.717) is 6.42 Å². The monoisotopic (exact) mass is 164 g/mol. The summed E-state index contributed by atoms with van der Waals surface area (Å²) in [5.41, 5.74) is 0.763. The summed E-state index contributed by atoms with van der Waals surface area (Å²) in [6.45, 7) is 3.58. The normalized spacial score (nSPS) is 12.4. The summed E-state index contributed by atoms with van der Waals surface area (Å²) in [5, 5.41) is 9.52. The van der Waals surface area contributed by atoms with Crippen molar-refractivity contribution in [2.75, 3.05) is 0 Å². The largest absolute Gasteiger partial charge is 0.388 e. The summed E-state index contributed by atoms with van der Waals surface area (Å²) in [6, 6.07) is 0. The number of aliphatic hydroxyl groups is 1. The molecule has 0 saturated heterocycles. The maximum absolute atomic E-state index is 9.52. The fourth-order valence-corrected chi connectivity index (χ4v) is 0.925. The molecule has 1 heterocycles. The molecule has 1 aromatic heterocycles. The van der Waals surface area contributed by atoms with Crippen LogP contribution in [0.1, 0.15) is 24.5 Å². The third kappa shape index (κ3) is 2.43. The van der Waals surface area contributed by atoms with Crippen molar-refractivity contribution in [3.8, 4) is 0 Å². The molecule has 0 radical (unpaired) electrons. The third-order valence-electron chi connectivity index (χ3n) is 1.61. The first kappa shape index (κ1) is 8.87. The molecule has 1 aromatic rings. The van der Waals surface area contributed by atoms with E-state index >= 15 is 0 Å². The van der Waals surface area contributed by atoms with Gasteiger partial charge in [0.05, 0.1) is 6.10 Å². The van der Waals surface area contributed by atoms with Gasteiger partial charge in [0.1, 0.15) is 6.33 Å². The van der Waals surface area contributed by atoms with E-state index in [9.17, 15) is 5.11 Å². The number of nitrogens with zero attached hydrogens (tertiary/aromatic N) is 2. The van der Waals surface area contributed by atoms with Crippen molar-refractivity contribution in [3.05, 3.63) is 36.9 Å². The van der Waals surface area contributed by atoms with Gasteiger partial charge in [-0.3, -0.25) is 0 Å². The Bertz CT molecular complexity index is 236. The predicted molar refractivity (Wildman–Crippen MR) is 46.4 cm³/mol. The lowest BCUT2D eigenvalue weighted by atomic mass is 10.1. The second-order valence-corrected chi connectivity index (χ2v) is 2.55. The molecule has 0 amide bonds. The SMILES string of the molecule is C=CCCC(O)c1cncnc1. The fraction of sp³-hybridized carbons (Fsp3) is 0.333. The molecule has 1 atom stereocenters. The maximum Gasteiger partial charge on any atom is 0.115 e. The first-order valence-electron chi connectivity index (χ1n) is 3.88. The van der Waals surface area contributed by atoms with Gasteiger partial charge in [0, 0.05) is 18.0 Å². The summed E-state index contributed by atoms with van der Waals surface area (Å²) < 4.78 is 0. The van der Waals surface area contributed by atoms with Crippen molar-refractivity contribution in [2.24, 2.45) is 0 Å². The summed E-state index contributed by atoms with van der Waals surface area (Å²) in [4.78, 5) is 7.63. The molecular formula is C9H12N2O. The second-order valence-electron chi connectivity index (χ2n) is 2.55. The van der Waals surface area contributed by atoms with E-state index in [-0.39, 0.29) is 0 Å². The predicted octanol–water partition coefficient (Wildman–Crippen LogP) is 1.48. The van der Waals surface area contributed by atoms with Gasteiger partial charge in [0.25, 0.3) is 0 Å². The molecule has 3 heteroatoms. The van der Waals surface area contributed by atoms with Gasteiger partial charge < -0.3 is 5.11 Å². The van der Waals surface area contributed by atoms with Crippen LogP contribution in [0.5, 0.6) is 0 Å². The van der Waals surface area contributed by atoms with Gasteiger partial charge in [-0.05, 0) is 12.8 Å². The van der Waals surface area contributed by atoms with Crippen molar-refractivity contribution >= 4 is 0 Å². The van der Waals surface area contributed by atoms with Crippen LogP contribution < -0.4 is 0 Å². The highest BCUT2D eigenvalue weighted by Crippen LogP contribution is 2.15. The Balaban J connectivity index is 2.53. The molecule has 1 N–H and O–H groups in total. The van der Waals surface area contributed by atoms with Gasteiger partial charge in [0.15, 0.2) is 0 Å². The molecule has 0 fully saturated rings. The van der Waals surface area contributed by atoms with E-state index < -0.39 is 6.10 Å². The lowest BCUT2D eigenvalue weighted by molar-refractivity contribution is 0.168. The zero-order valence-electron chi connectivity index (χ0n) is 6.85. The number of rotatable bonds is 4. The molecular weight excluding hydrogens is 152 g/mol. The van der Waals surface area contributed by atoms with Crippen LogP contribution in [0.25, 0.3) is 0 Å². The lowest BCUT2D eigenvalue weighted by Gasteiger charge is -2.07. The molecule has 0 aliphatic carbocycles. The highest BCUT2D eigenvalue weighted by molar-refractivity contribution is 5.06. The van der Waals surface area contributed by atoms with E-state index in [4.69, 9.17) is 0 Å². The summed E-state index contributed by atoms with van der Waals surface area (Å²) >= 11 is 0. The molecule has 3 nitrogen and oxygen atoms in total. The Morgan fingerprint density at radius 1 is 1.50 bits per heavy atom. The standard InChI is InChI=1S/C9H12N2O/c1-2-3-4-9(12)8-5-10-7-11-6-8/h2,5-7,9,12H,1,3-4H2. The molecule has 12 heavy (non-hydrogen) atoms. The van der Waals surface area contributed by atoms with Gasteiger partial charge in [-0.15, -0.1) is 6.58 Å². The fourth-order valence-electron chi connectivity index (χ4n) is 0.925. The number of aliphatic hydroxyl groups excluding tert-OH is 1. The quantitative estimate of drug-likeness (QED) is 0.685. The minimum absolute atomic E-state index is 0.468. The average molecular weight is 164 g/mol. The van der Waals surface area contributed by atoms with Gasteiger partial charge in [-0.2, -0.15) is 0 Å². The molecule has 0 aromatic carbocycles. The van der Waals surface area contributed by atoms with Gasteiger partial charge in [0.2, 0.25) is 0 Å². The zero-order chi connectivity index (χ0) is 8.81. The van der Waals surface area contributed by atoms with Crippen LogP contribution in [-0.4, -0.2) is 15.1 Å². The first-order valence-corrected chi connectivity index (χ1v) is 3.88. The van der Waals surface area contributed by atoms with Gasteiger partial charge in [-0.25, -0.2) is 9.97 Å². The van der Waals surface area contributed by atoms with Crippen molar-refractivity contribution in [1.29, 1.82) is 0 Å². The van der Waals surface area contributed by atoms with Gasteiger partial charge in [-0.1, -0.05) is 6.08 Å². The van der Waals surface area contributed by atoms with Crippen molar-refractivity contribution in [3.63, 3.8) is 0 Å². The van der Waals surface area contributed by atoms with Crippen LogP contribution in [-0.2, 0) is 0 Å². The van der Waals surface area contributed by atoms with Crippen LogP contribution in [0.15, 0.2) is 31.4 Å². The number of hydrogen-bond donors (Lipinski definition) is 1. The number of aromatic nitrogens is 2. The highest BCUT2D eigenvalue weighted by atomic mass is 16.3. The Morgan fingerprint density at radius 2 is 2.17 bits per heavy atom.